The molecule has 0 bridgehead atoms. The van der Waals surface area contributed by atoms with Crippen molar-refractivity contribution in [3.05, 3.63) is 29.3 Å². The van der Waals surface area contributed by atoms with E-state index in [0.29, 0.717) is 13.1 Å². The van der Waals surface area contributed by atoms with Crippen LogP contribution in [0, 0.1) is 12.8 Å². The van der Waals surface area contributed by atoms with Crippen molar-refractivity contribution in [2.75, 3.05) is 13.1 Å². The molecule has 0 aliphatic heterocycles. The lowest BCUT2D eigenvalue weighted by Gasteiger charge is -2.24. The van der Waals surface area contributed by atoms with Gasteiger partial charge in [0.15, 0.2) is 0 Å². The van der Waals surface area contributed by atoms with E-state index in [0.717, 1.165) is 6.42 Å². The Balaban J connectivity index is 3.29. The molecule has 1 aromatic carbocycles. The molecule has 21 heavy (non-hydrogen) atoms. The lowest BCUT2D eigenvalue weighted by molar-refractivity contribution is 0.0696. The minimum absolute atomic E-state index is 0.0238. The number of aromatic carboxylic acids is 1. The third-order valence-electron chi connectivity index (χ3n) is 3.70. The summed E-state index contributed by atoms with van der Waals surface area (Å²) in [5.41, 5.74) is 0.309. The van der Waals surface area contributed by atoms with Gasteiger partial charge in [-0.05, 0) is 30.5 Å². The summed E-state index contributed by atoms with van der Waals surface area (Å²) in [5, 5.41) is 9.13. The molecule has 0 aromatic heterocycles. The number of nitrogens with zero attached hydrogens (tertiary/aromatic N) is 1. The first-order valence-electron chi connectivity index (χ1n) is 7.08. The van der Waals surface area contributed by atoms with Gasteiger partial charge in [0.25, 0.3) is 0 Å². The van der Waals surface area contributed by atoms with Gasteiger partial charge in [-0.1, -0.05) is 33.3 Å². The van der Waals surface area contributed by atoms with Gasteiger partial charge in [-0.25, -0.2) is 13.2 Å². The maximum absolute atomic E-state index is 12.7. The third-order valence-corrected chi connectivity index (χ3v) is 5.78. The van der Waals surface area contributed by atoms with Crippen molar-refractivity contribution in [2.24, 2.45) is 5.92 Å². The number of hydrogen-bond acceptors (Lipinski definition) is 3. The van der Waals surface area contributed by atoms with Gasteiger partial charge in [0.2, 0.25) is 10.0 Å². The van der Waals surface area contributed by atoms with E-state index in [1.807, 2.05) is 13.8 Å². The Hall–Kier alpha value is -1.40. The molecule has 0 amide bonds. The summed E-state index contributed by atoms with van der Waals surface area (Å²) in [7, 11) is -3.67. The highest BCUT2D eigenvalue weighted by atomic mass is 32.2. The molecule has 0 radical (unpaired) electrons. The Labute approximate surface area is 126 Å². The third kappa shape index (κ3) is 3.83. The van der Waals surface area contributed by atoms with Crippen LogP contribution >= 0.6 is 0 Å². The van der Waals surface area contributed by atoms with Crippen molar-refractivity contribution in [3.8, 4) is 0 Å². The van der Waals surface area contributed by atoms with E-state index in [1.54, 1.807) is 6.92 Å². The van der Waals surface area contributed by atoms with E-state index in [2.05, 4.69) is 0 Å². The molecule has 1 rings (SSSR count). The van der Waals surface area contributed by atoms with Crippen molar-refractivity contribution in [1.29, 1.82) is 0 Å². The first kappa shape index (κ1) is 17.7. The SMILES string of the molecule is CCC(C)CN(CC)S(=O)(=O)c1cccc(C(=O)O)c1C. The molecule has 0 aliphatic rings. The number of carboxylic acids is 1. The van der Waals surface area contributed by atoms with E-state index in [-0.39, 0.29) is 21.9 Å². The van der Waals surface area contributed by atoms with Crippen LogP contribution in [0.5, 0.6) is 0 Å². The number of rotatable bonds is 7. The molecule has 5 nitrogen and oxygen atoms in total. The smallest absolute Gasteiger partial charge is 0.335 e. The molecule has 1 atom stereocenters. The zero-order valence-corrected chi connectivity index (χ0v) is 13.8. The molecule has 0 saturated heterocycles. The van der Waals surface area contributed by atoms with Gasteiger partial charge in [0.1, 0.15) is 0 Å². The zero-order valence-electron chi connectivity index (χ0n) is 13.0. The molecule has 1 N–H and O–H groups in total. The monoisotopic (exact) mass is 313 g/mol. The average Bonchev–Trinajstić information content (AvgIpc) is 2.43. The summed E-state index contributed by atoms with van der Waals surface area (Å²) in [6, 6.07) is 4.36. The van der Waals surface area contributed by atoms with E-state index in [9.17, 15) is 13.2 Å². The molecule has 0 aliphatic carbocycles. The Morgan fingerprint density at radius 1 is 1.33 bits per heavy atom. The summed E-state index contributed by atoms with van der Waals surface area (Å²) in [6.07, 6.45) is 0.889. The maximum atomic E-state index is 12.7. The average molecular weight is 313 g/mol. The van der Waals surface area contributed by atoms with Crippen LogP contribution in [0.25, 0.3) is 0 Å². The fraction of sp³-hybridized carbons (Fsp3) is 0.533. The van der Waals surface area contributed by atoms with Crippen LogP contribution in [0.2, 0.25) is 0 Å². The van der Waals surface area contributed by atoms with Crippen LogP contribution in [0.4, 0.5) is 0 Å². The molecular formula is C15H23NO4S. The van der Waals surface area contributed by atoms with Crippen molar-refractivity contribution >= 4 is 16.0 Å². The zero-order chi connectivity index (χ0) is 16.2. The van der Waals surface area contributed by atoms with Crippen molar-refractivity contribution in [3.63, 3.8) is 0 Å². The summed E-state index contributed by atoms with van der Waals surface area (Å²) in [4.78, 5) is 11.2. The highest BCUT2D eigenvalue weighted by Gasteiger charge is 2.27. The lowest BCUT2D eigenvalue weighted by atomic mass is 10.1. The molecule has 1 unspecified atom stereocenters. The minimum atomic E-state index is -3.67. The van der Waals surface area contributed by atoms with Gasteiger partial charge in [-0.2, -0.15) is 4.31 Å². The molecule has 0 saturated carbocycles. The molecule has 118 valence electrons. The Morgan fingerprint density at radius 2 is 1.95 bits per heavy atom. The number of carboxylic acid groups (broad SMARTS) is 1. The Kier molecular flexibility index (Phi) is 5.92. The molecule has 6 heteroatoms. The Morgan fingerprint density at radius 3 is 2.43 bits per heavy atom. The van der Waals surface area contributed by atoms with Crippen LogP contribution < -0.4 is 0 Å². The first-order chi connectivity index (χ1) is 9.75. The fourth-order valence-corrected chi connectivity index (χ4v) is 3.95. The molecular weight excluding hydrogens is 290 g/mol. The van der Waals surface area contributed by atoms with Crippen LogP contribution in [0.15, 0.2) is 23.1 Å². The normalized spacial score (nSPS) is 13.4. The predicted octanol–water partition coefficient (Wildman–Crippen LogP) is 2.75. The number of carbonyl (C=O) groups is 1. The Bertz CT molecular complexity index is 610. The highest BCUT2D eigenvalue weighted by molar-refractivity contribution is 7.89. The summed E-state index contributed by atoms with van der Waals surface area (Å²) in [5.74, 6) is -0.864. The summed E-state index contributed by atoms with van der Waals surface area (Å²) < 4.78 is 26.9. The number of benzene rings is 1. The fourth-order valence-electron chi connectivity index (χ4n) is 2.14. The van der Waals surface area contributed by atoms with Gasteiger partial charge in [0.05, 0.1) is 10.5 Å². The largest absolute Gasteiger partial charge is 0.478 e. The van der Waals surface area contributed by atoms with Crippen LogP contribution in [-0.2, 0) is 10.0 Å². The van der Waals surface area contributed by atoms with Crippen LogP contribution in [0.1, 0.15) is 43.1 Å². The van der Waals surface area contributed by atoms with E-state index < -0.39 is 16.0 Å². The first-order valence-corrected chi connectivity index (χ1v) is 8.52. The quantitative estimate of drug-likeness (QED) is 0.840. The van der Waals surface area contributed by atoms with Crippen LogP contribution in [-0.4, -0.2) is 36.9 Å². The predicted molar refractivity (Wildman–Crippen MR) is 82.0 cm³/mol. The summed E-state index contributed by atoms with van der Waals surface area (Å²) in [6.45, 7) is 8.14. The van der Waals surface area contributed by atoms with Gasteiger partial charge < -0.3 is 5.11 Å². The molecule has 1 aromatic rings. The van der Waals surface area contributed by atoms with Gasteiger partial charge in [-0.3, -0.25) is 0 Å². The second-order valence-electron chi connectivity index (χ2n) is 5.20. The maximum Gasteiger partial charge on any atom is 0.335 e. The topological polar surface area (TPSA) is 74.7 Å². The minimum Gasteiger partial charge on any atom is -0.478 e. The second-order valence-corrected chi connectivity index (χ2v) is 7.11. The van der Waals surface area contributed by atoms with Crippen LogP contribution in [0.3, 0.4) is 0 Å². The number of sulfonamides is 1. The summed E-state index contributed by atoms with van der Waals surface area (Å²) >= 11 is 0. The molecule has 0 spiro atoms. The van der Waals surface area contributed by atoms with Crippen molar-refractivity contribution in [1.82, 2.24) is 4.31 Å². The van der Waals surface area contributed by atoms with E-state index in [1.165, 1.54) is 29.4 Å². The van der Waals surface area contributed by atoms with Gasteiger partial charge >= 0.3 is 5.97 Å². The molecule has 0 heterocycles. The standard InChI is InChI=1S/C15H23NO4S/c1-5-11(3)10-16(6-2)21(19,20)14-9-7-8-13(12(14)4)15(17)18/h7-9,11H,5-6,10H2,1-4H3,(H,17,18). The second kappa shape index (κ2) is 7.04. The van der Waals surface area contributed by atoms with Crippen molar-refractivity contribution < 1.29 is 18.3 Å². The molecule has 0 fully saturated rings. The number of hydrogen-bond donors (Lipinski definition) is 1. The van der Waals surface area contributed by atoms with Gasteiger partial charge in [-0.15, -0.1) is 0 Å². The highest BCUT2D eigenvalue weighted by Crippen LogP contribution is 2.23. The lowest BCUT2D eigenvalue weighted by Crippen LogP contribution is -2.35. The van der Waals surface area contributed by atoms with Gasteiger partial charge in [0, 0.05) is 13.1 Å². The van der Waals surface area contributed by atoms with Crippen molar-refractivity contribution in [2.45, 2.75) is 39.0 Å². The van der Waals surface area contributed by atoms with E-state index in [4.69, 9.17) is 5.11 Å². The van der Waals surface area contributed by atoms with E-state index >= 15 is 0 Å².